The number of benzene rings is 1. The zero-order chi connectivity index (χ0) is 21.3. The Labute approximate surface area is 172 Å². The number of nitrogens with zero attached hydrogens (tertiary/aromatic N) is 2. The predicted molar refractivity (Wildman–Crippen MR) is 115 cm³/mol. The zero-order valence-corrected chi connectivity index (χ0v) is 18.5. The number of unbranched alkanes of at least 4 members (excludes halogenated alkanes) is 4. The summed E-state index contributed by atoms with van der Waals surface area (Å²) in [4.78, 5) is 10.2. The van der Waals surface area contributed by atoms with Crippen LogP contribution >= 0.6 is 0 Å². The highest BCUT2D eigenvalue weighted by Gasteiger charge is 2.24. The number of rotatable bonds is 13. The lowest BCUT2D eigenvalue weighted by atomic mass is 10.1. The monoisotopic (exact) mass is 388 g/mol. The highest BCUT2D eigenvalue weighted by Crippen LogP contribution is 2.16. The Hall–Kier alpha value is -1.86. The molecule has 0 fully saturated rings. The molecule has 0 aromatic heterocycles. The van der Waals surface area contributed by atoms with E-state index in [2.05, 4.69) is 27.7 Å². The van der Waals surface area contributed by atoms with Gasteiger partial charge in [0.15, 0.2) is 0 Å². The first-order valence-electron chi connectivity index (χ1n) is 11.0. The summed E-state index contributed by atoms with van der Waals surface area (Å²) in [7, 11) is 0. The van der Waals surface area contributed by atoms with Crippen LogP contribution in [0.2, 0.25) is 0 Å². The van der Waals surface area contributed by atoms with Gasteiger partial charge in [0.25, 0.3) is 0 Å². The van der Waals surface area contributed by atoms with E-state index >= 15 is 0 Å². The molecule has 0 bridgehead atoms. The minimum Gasteiger partial charge on any atom is -0.545 e. The maximum absolute atomic E-state index is 10.2. The van der Waals surface area contributed by atoms with Crippen molar-refractivity contribution in [3.05, 3.63) is 35.4 Å². The summed E-state index contributed by atoms with van der Waals surface area (Å²) >= 11 is 0. The lowest BCUT2D eigenvalue weighted by Gasteiger charge is -2.39. The molecule has 0 unspecified atom stereocenters. The van der Waals surface area contributed by atoms with Gasteiger partial charge in [0.05, 0.1) is 43.8 Å². The number of carboxylic acid groups (broad SMARTS) is 1. The molecule has 0 radical (unpaired) electrons. The molecular formula is C24H40N2O2. The molecule has 0 aliphatic rings. The van der Waals surface area contributed by atoms with Gasteiger partial charge in [-0.2, -0.15) is 5.26 Å². The number of hydrogen-bond acceptors (Lipinski definition) is 3. The Kier molecular flexibility index (Phi) is 15.1. The Morgan fingerprint density at radius 2 is 1.18 bits per heavy atom. The van der Waals surface area contributed by atoms with E-state index in [0.717, 1.165) is 0 Å². The van der Waals surface area contributed by atoms with Crippen molar-refractivity contribution in [1.29, 1.82) is 5.26 Å². The standard InChI is InChI=1S/C16H36N.C8H5NO2/c1-5-9-13-17(14-10-6-2,15-11-7-3)16-12-8-4;9-5-6-1-3-7(4-2-6)8(10)11/h5-16H2,1-4H3;1-4H,(H,10,11)/q+1;/p-1. The third kappa shape index (κ3) is 11.1. The zero-order valence-electron chi connectivity index (χ0n) is 18.5. The number of aromatic carboxylic acids is 1. The highest BCUT2D eigenvalue weighted by atomic mass is 16.4. The number of carbonyl (C=O) groups excluding carboxylic acids is 1. The van der Waals surface area contributed by atoms with Crippen LogP contribution in [0.1, 0.15) is 95.0 Å². The van der Waals surface area contributed by atoms with E-state index in [1.54, 1.807) is 0 Å². The minimum absolute atomic E-state index is 0.0870. The van der Waals surface area contributed by atoms with Crippen LogP contribution in [-0.4, -0.2) is 36.6 Å². The molecule has 0 amide bonds. The van der Waals surface area contributed by atoms with E-state index < -0.39 is 5.97 Å². The van der Waals surface area contributed by atoms with E-state index in [0.29, 0.717) is 5.56 Å². The third-order valence-corrected chi connectivity index (χ3v) is 5.19. The van der Waals surface area contributed by atoms with Crippen LogP contribution in [0.25, 0.3) is 0 Å². The van der Waals surface area contributed by atoms with E-state index in [-0.39, 0.29) is 5.56 Å². The molecule has 158 valence electrons. The number of carboxylic acids is 1. The van der Waals surface area contributed by atoms with Crippen molar-refractivity contribution in [3.8, 4) is 6.07 Å². The molecule has 0 atom stereocenters. The summed E-state index contributed by atoms with van der Waals surface area (Å²) in [6.45, 7) is 15.0. The fraction of sp³-hybridized carbons (Fsp3) is 0.667. The second kappa shape index (κ2) is 16.1. The molecule has 0 heterocycles. The Bertz CT molecular complexity index is 523. The Morgan fingerprint density at radius 3 is 1.43 bits per heavy atom. The minimum atomic E-state index is -1.23. The van der Waals surface area contributed by atoms with Crippen molar-refractivity contribution in [3.63, 3.8) is 0 Å². The first-order valence-corrected chi connectivity index (χ1v) is 11.0. The van der Waals surface area contributed by atoms with Crippen molar-refractivity contribution >= 4 is 5.97 Å². The molecule has 0 aliphatic heterocycles. The van der Waals surface area contributed by atoms with Gasteiger partial charge in [-0.25, -0.2) is 0 Å². The Balaban J connectivity index is 0.000000567. The van der Waals surface area contributed by atoms with Crippen molar-refractivity contribution in [1.82, 2.24) is 0 Å². The average molecular weight is 389 g/mol. The van der Waals surface area contributed by atoms with Gasteiger partial charge in [-0.15, -0.1) is 0 Å². The summed E-state index contributed by atoms with van der Waals surface area (Å²) in [5.74, 6) is -1.23. The van der Waals surface area contributed by atoms with E-state index in [4.69, 9.17) is 5.26 Å². The maximum atomic E-state index is 10.2. The maximum Gasteiger partial charge on any atom is 0.0991 e. The van der Waals surface area contributed by atoms with Crippen LogP contribution in [0.5, 0.6) is 0 Å². The van der Waals surface area contributed by atoms with Crippen molar-refractivity contribution in [2.45, 2.75) is 79.1 Å². The van der Waals surface area contributed by atoms with E-state index in [1.165, 1.54) is 106 Å². The Morgan fingerprint density at radius 1 is 0.821 bits per heavy atom. The van der Waals surface area contributed by atoms with E-state index in [9.17, 15) is 9.90 Å². The summed E-state index contributed by atoms with van der Waals surface area (Å²) in [6, 6.07) is 7.43. The second-order valence-electron chi connectivity index (χ2n) is 7.63. The highest BCUT2D eigenvalue weighted by molar-refractivity contribution is 5.85. The quantitative estimate of drug-likeness (QED) is 0.450. The fourth-order valence-electron chi connectivity index (χ4n) is 3.33. The molecule has 1 aromatic carbocycles. The van der Waals surface area contributed by atoms with E-state index in [1.807, 2.05) is 6.07 Å². The lowest BCUT2D eigenvalue weighted by Crippen LogP contribution is -2.50. The fourth-order valence-corrected chi connectivity index (χ4v) is 3.33. The molecule has 0 saturated heterocycles. The SMILES string of the molecule is CCCC[N+](CCCC)(CCCC)CCCC.N#Cc1ccc(C(=O)[O-])cc1. The van der Waals surface area contributed by atoms with Crippen molar-refractivity contribution in [2.75, 3.05) is 26.2 Å². The molecule has 0 saturated carbocycles. The van der Waals surface area contributed by atoms with Gasteiger partial charge in [0, 0.05) is 0 Å². The van der Waals surface area contributed by atoms with Crippen LogP contribution < -0.4 is 5.11 Å². The van der Waals surface area contributed by atoms with Crippen LogP contribution in [-0.2, 0) is 0 Å². The van der Waals surface area contributed by atoms with Gasteiger partial charge in [-0.05, 0) is 43.4 Å². The molecule has 4 heteroatoms. The van der Waals surface area contributed by atoms with Gasteiger partial charge in [0.2, 0.25) is 0 Å². The number of hydrogen-bond donors (Lipinski definition) is 0. The molecule has 0 N–H and O–H groups in total. The molecule has 0 spiro atoms. The first-order chi connectivity index (χ1) is 13.5. The predicted octanol–water partition coefficient (Wildman–Crippen LogP) is 4.93. The lowest BCUT2D eigenvalue weighted by molar-refractivity contribution is -0.929. The molecule has 28 heavy (non-hydrogen) atoms. The molecule has 1 aromatic rings. The average Bonchev–Trinajstić information content (AvgIpc) is 2.73. The first kappa shape index (κ1) is 26.1. The summed E-state index contributed by atoms with van der Waals surface area (Å²) in [6.07, 6.45) is 11.1. The molecule has 1 rings (SSSR count). The number of nitriles is 1. The second-order valence-corrected chi connectivity index (χ2v) is 7.63. The van der Waals surface area contributed by atoms with Crippen molar-refractivity contribution in [2.24, 2.45) is 0 Å². The summed E-state index contributed by atoms with van der Waals surface area (Å²) in [5.41, 5.74) is 0.527. The van der Waals surface area contributed by atoms with Gasteiger partial charge in [0.1, 0.15) is 0 Å². The van der Waals surface area contributed by atoms with Crippen molar-refractivity contribution < 1.29 is 14.4 Å². The largest absolute Gasteiger partial charge is 0.545 e. The topological polar surface area (TPSA) is 63.9 Å². The molecule has 0 aliphatic carbocycles. The normalized spacial score (nSPS) is 10.7. The summed E-state index contributed by atoms with van der Waals surface area (Å²) < 4.78 is 1.42. The summed E-state index contributed by atoms with van der Waals surface area (Å²) in [5, 5.41) is 18.6. The van der Waals surface area contributed by atoms with Gasteiger partial charge in [-0.1, -0.05) is 65.5 Å². The number of carbonyl (C=O) groups is 1. The number of quaternary nitrogens is 1. The van der Waals surface area contributed by atoms with Gasteiger partial charge >= 0.3 is 0 Å². The van der Waals surface area contributed by atoms with Crippen LogP contribution in [0.4, 0.5) is 0 Å². The smallest absolute Gasteiger partial charge is 0.0991 e. The van der Waals surface area contributed by atoms with Crippen LogP contribution in [0.15, 0.2) is 24.3 Å². The molecular weight excluding hydrogens is 348 g/mol. The van der Waals surface area contributed by atoms with Crippen LogP contribution in [0, 0.1) is 11.3 Å². The third-order valence-electron chi connectivity index (χ3n) is 5.19. The van der Waals surface area contributed by atoms with Crippen LogP contribution in [0.3, 0.4) is 0 Å². The van der Waals surface area contributed by atoms with Gasteiger partial charge in [-0.3, -0.25) is 0 Å². The van der Waals surface area contributed by atoms with Gasteiger partial charge < -0.3 is 14.4 Å². The molecule has 4 nitrogen and oxygen atoms in total.